The highest BCUT2D eigenvalue weighted by Crippen LogP contribution is 2.12. The van der Waals surface area contributed by atoms with Crippen LogP contribution in [0.15, 0.2) is 35.1 Å². The van der Waals surface area contributed by atoms with Crippen LogP contribution in [0.5, 0.6) is 0 Å². The van der Waals surface area contributed by atoms with Crippen molar-refractivity contribution >= 4 is 0 Å². The Hall–Kier alpha value is -1.55. The molecular formula is C11H15N3O. The van der Waals surface area contributed by atoms with Gasteiger partial charge in [-0.2, -0.15) is 5.10 Å². The first kappa shape index (κ1) is 9.98. The average Bonchev–Trinajstić information content (AvgIpc) is 2.84. The molecule has 0 spiro atoms. The molecule has 0 fully saturated rings. The van der Waals surface area contributed by atoms with Crippen LogP contribution in [0.25, 0.3) is 0 Å². The summed E-state index contributed by atoms with van der Waals surface area (Å²) in [6, 6.07) is 6.08. The lowest BCUT2D eigenvalue weighted by Crippen LogP contribution is -2.17. The van der Waals surface area contributed by atoms with Gasteiger partial charge in [0.25, 0.3) is 0 Å². The van der Waals surface area contributed by atoms with E-state index >= 15 is 0 Å². The second-order valence-corrected chi connectivity index (χ2v) is 3.60. The van der Waals surface area contributed by atoms with E-state index in [1.165, 1.54) is 0 Å². The van der Waals surface area contributed by atoms with Crippen LogP contribution < -0.4 is 5.32 Å². The van der Waals surface area contributed by atoms with Gasteiger partial charge in [0.15, 0.2) is 0 Å². The first-order valence-electron chi connectivity index (χ1n) is 5.01. The number of rotatable bonds is 4. The monoisotopic (exact) mass is 205 g/mol. The molecule has 0 amide bonds. The molecule has 0 aromatic carbocycles. The second kappa shape index (κ2) is 4.31. The number of hydrogen-bond donors (Lipinski definition) is 1. The van der Waals surface area contributed by atoms with Crippen molar-refractivity contribution in [2.24, 2.45) is 7.05 Å². The van der Waals surface area contributed by atoms with Crippen LogP contribution >= 0.6 is 0 Å². The minimum atomic E-state index is 0.210. The summed E-state index contributed by atoms with van der Waals surface area (Å²) in [5.41, 5.74) is 1.04. The molecule has 0 saturated heterocycles. The SMILES string of the molecule is CC(NCc1ccn(C)n1)c1ccco1. The van der Waals surface area contributed by atoms with Crippen LogP contribution in [0.1, 0.15) is 24.4 Å². The van der Waals surface area contributed by atoms with Crippen LogP contribution in [0.2, 0.25) is 0 Å². The van der Waals surface area contributed by atoms with Gasteiger partial charge in [0.2, 0.25) is 0 Å². The Morgan fingerprint density at radius 2 is 2.40 bits per heavy atom. The molecule has 4 nitrogen and oxygen atoms in total. The van der Waals surface area contributed by atoms with Crippen molar-refractivity contribution in [3.05, 3.63) is 42.1 Å². The molecule has 2 rings (SSSR count). The summed E-state index contributed by atoms with van der Waals surface area (Å²) < 4.78 is 7.10. The van der Waals surface area contributed by atoms with E-state index in [4.69, 9.17) is 4.42 Å². The Kier molecular flexibility index (Phi) is 2.87. The van der Waals surface area contributed by atoms with Crippen molar-refractivity contribution in [2.45, 2.75) is 19.5 Å². The van der Waals surface area contributed by atoms with Gasteiger partial charge in [-0.1, -0.05) is 0 Å². The predicted molar refractivity (Wildman–Crippen MR) is 57.2 cm³/mol. The van der Waals surface area contributed by atoms with Crippen molar-refractivity contribution in [3.63, 3.8) is 0 Å². The largest absolute Gasteiger partial charge is 0.468 e. The lowest BCUT2D eigenvalue weighted by Gasteiger charge is -2.09. The fourth-order valence-corrected chi connectivity index (χ4v) is 1.45. The molecule has 1 unspecified atom stereocenters. The molecule has 0 aliphatic rings. The molecule has 15 heavy (non-hydrogen) atoms. The van der Waals surface area contributed by atoms with Crippen LogP contribution in [0.3, 0.4) is 0 Å². The van der Waals surface area contributed by atoms with Gasteiger partial charge in [0, 0.05) is 19.8 Å². The smallest absolute Gasteiger partial charge is 0.120 e. The lowest BCUT2D eigenvalue weighted by molar-refractivity contribution is 0.428. The van der Waals surface area contributed by atoms with Gasteiger partial charge in [-0.25, -0.2) is 0 Å². The second-order valence-electron chi connectivity index (χ2n) is 3.60. The maximum atomic E-state index is 5.30. The third-order valence-electron chi connectivity index (χ3n) is 2.33. The van der Waals surface area contributed by atoms with E-state index in [0.29, 0.717) is 0 Å². The number of aromatic nitrogens is 2. The van der Waals surface area contributed by atoms with Crippen molar-refractivity contribution in [1.82, 2.24) is 15.1 Å². The number of hydrogen-bond acceptors (Lipinski definition) is 3. The average molecular weight is 205 g/mol. The minimum absolute atomic E-state index is 0.210. The molecule has 0 bridgehead atoms. The predicted octanol–water partition coefficient (Wildman–Crippen LogP) is 1.86. The van der Waals surface area contributed by atoms with Gasteiger partial charge in [-0.15, -0.1) is 0 Å². The van der Waals surface area contributed by atoms with E-state index < -0.39 is 0 Å². The zero-order chi connectivity index (χ0) is 10.7. The Balaban J connectivity index is 1.88. The van der Waals surface area contributed by atoms with Crippen LogP contribution in [0.4, 0.5) is 0 Å². The summed E-state index contributed by atoms with van der Waals surface area (Å²) in [4.78, 5) is 0. The quantitative estimate of drug-likeness (QED) is 0.828. The van der Waals surface area contributed by atoms with E-state index in [1.807, 2.05) is 31.4 Å². The molecule has 2 heterocycles. The molecular weight excluding hydrogens is 190 g/mol. The molecule has 0 aliphatic carbocycles. The molecule has 1 N–H and O–H groups in total. The zero-order valence-corrected chi connectivity index (χ0v) is 8.97. The summed E-state index contributed by atoms with van der Waals surface area (Å²) in [7, 11) is 1.92. The standard InChI is InChI=1S/C11H15N3O/c1-9(11-4-3-7-15-11)12-8-10-5-6-14(2)13-10/h3-7,9,12H,8H2,1-2H3. The normalized spacial score (nSPS) is 12.9. The number of nitrogens with zero attached hydrogens (tertiary/aromatic N) is 2. The summed E-state index contributed by atoms with van der Waals surface area (Å²) in [6.07, 6.45) is 3.63. The molecule has 0 saturated carbocycles. The molecule has 1 atom stereocenters. The van der Waals surface area contributed by atoms with Gasteiger partial charge >= 0.3 is 0 Å². The van der Waals surface area contributed by atoms with Gasteiger partial charge in [-0.3, -0.25) is 4.68 Å². The zero-order valence-electron chi connectivity index (χ0n) is 8.97. The third-order valence-corrected chi connectivity index (χ3v) is 2.33. The Morgan fingerprint density at radius 3 is 3.00 bits per heavy atom. The van der Waals surface area contributed by atoms with Gasteiger partial charge in [-0.05, 0) is 25.1 Å². The molecule has 80 valence electrons. The topological polar surface area (TPSA) is 43.0 Å². The van der Waals surface area contributed by atoms with E-state index in [1.54, 1.807) is 10.9 Å². The first-order valence-corrected chi connectivity index (χ1v) is 5.01. The Morgan fingerprint density at radius 1 is 1.53 bits per heavy atom. The van der Waals surface area contributed by atoms with E-state index in [9.17, 15) is 0 Å². The molecule has 0 aliphatic heterocycles. The van der Waals surface area contributed by atoms with Crippen molar-refractivity contribution < 1.29 is 4.42 Å². The highest BCUT2D eigenvalue weighted by Gasteiger charge is 2.07. The highest BCUT2D eigenvalue weighted by molar-refractivity contribution is 5.04. The van der Waals surface area contributed by atoms with Crippen molar-refractivity contribution in [2.75, 3.05) is 0 Å². The maximum Gasteiger partial charge on any atom is 0.120 e. The lowest BCUT2D eigenvalue weighted by atomic mass is 10.2. The van der Waals surface area contributed by atoms with E-state index in [2.05, 4.69) is 17.3 Å². The van der Waals surface area contributed by atoms with Gasteiger partial charge < -0.3 is 9.73 Å². The number of nitrogens with one attached hydrogen (secondary N) is 1. The van der Waals surface area contributed by atoms with Crippen LogP contribution in [-0.2, 0) is 13.6 Å². The fraction of sp³-hybridized carbons (Fsp3) is 0.364. The van der Waals surface area contributed by atoms with Crippen molar-refractivity contribution in [1.29, 1.82) is 0 Å². The van der Waals surface area contributed by atoms with Crippen molar-refractivity contribution in [3.8, 4) is 0 Å². The Bertz CT molecular complexity index is 405. The molecule has 2 aromatic heterocycles. The van der Waals surface area contributed by atoms with Crippen LogP contribution in [0, 0.1) is 0 Å². The summed E-state index contributed by atoms with van der Waals surface area (Å²) >= 11 is 0. The minimum Gasteiger partial charge on any atom is -0.468 e. The maximum absolute atomic E-state index is 5.30. The highest BCUT2D eigenvalue weighted by atomic mass is 16.3. The third kappa shape index (κ3) is 2.47. The first-order chi connectivity index (χ1) is 7.25. The fourth-order valence-electron chi connectivity index (χ4n) is 1.45. The molecule has 0 radical (unpaired) electrons. The molecule has 2 aromatic rings. The Labute approximate surface area is 88.9 Å². The van der Waals surface area contributed by atoms with E-state index in [-0.39, 0.29) is 6.04 Å². The number of furan rings is 1. The van der Waals surface area contributed by atoms with Gasteiger partial charge in [0.05, 0.1) is 18.0 Å². The molecule has 4 heteroatoms. The number of aryl methyl sites for hydroxylation is 1. The summed E-state index contributed by atoms with van der Waals surface area (Å²) in [5.74, 6) is 0.950. The summed E-state index contributed by atoms with van der Waals surface area (Å²) in [5, 5.41) is 7.63. The van der Waals surface area contributed by atoms with E-state index in [0.717, 1.165) is 18.0 Å². The van der Waals surface area contributed by atoms with Gasteiger partial charge in [0.1, 0.15) is 5.76 Å². The summed E-state index contributed by atoms with van der Waals surface area (Å²) in [6.45, 7) is 2.82. The van der Waals surface area contributed by atoms with Crippen LogP contribution in [-0.4, -0.2) is 9.78 Å².